The van der Waals surface area contributed by atoms with Gasteiger partial charge in [0, 0.05) is 0 Å². The van der Waals surface area contributed by atoms with Gasteiger partial charge in [-0.1, -0.05) is 36.5 Å². The highest BCUT2D eigenvalue weighted by atomic mass is 35.5. The van der Waals surface area contributed by atoms with E-state index in [1.165, 1.54) is 0 Å². The van der Waals surface area contributed by atoms with E-state index >= 15 is 0 Å². The van der Waals surface area contributed by atoms with Crippen LogP contribution in [0.1, 0.15) is 24.5 Å². The lowest BCUT2D eigenvalue weighted by molar-refractivity contribution is 0.913. The Labute approximate surface area is 87.1 Å². The lowest BCUT2D eigenvalue weighted by Gasteiger charge is -2.02. The fraction of sp³-hybridized carbons (Fsp3) is 0.333. The van der Waals surface area contributed by atoms with Gasteiger partial charge >= 0.3 is 0 Å². The molecule has 0 aliphatic heterocycles. The van der Waals surface area contributed by atoms with E-state index in [0.29, 0.717) is 10.7 Å². The molecule has 13 heavy (non-hydrogen) atoms. The minimum Gasteiger partial charge on any atom is -0.223 e. The van der Waals surface area contributed by atoms with Crippen molar-refractivity contribution in [3.63, 3.8) is 0 Å². The molecule has 0 saturated carbocycles. The standard InChI is InChI=1S/C9H8Cl2N2/c1-2-3-6-4-7(5-12)9(11)13-8(6)10/h4H,2-3H2,1H3. The maximum absolute atomic E-state index is 8.68. The van der Waals surface area contributed by atoms with Crippen molar-refractivity contribution in [2.45, 2.75) is 19.8 Å². The van der Waals surface area contributed by atoms with Crippen molar-refractivity contribution >= 4 is 23.2 Å². The zero-order valence-electron chi connectivity index (χ0n) is 7.14. The molecule has 0 saturated heterocycles. The Bertz CT molecular complexity index is 355. The highest BCUT2D eigenvalue weighted by molar-refractivity contribution is 6.33. The van der Waals surface area contributed by atoms with Crippen molar-refractivity contribution in [3.05, 3.63) is 27.5 Å². The number of halogens is 2. The van der Waals surface area contributed by atoms with Crippen LogP contribution in [0.3, 0.4) is 0 Å². The molecule has 1 aromatic heterocycles. The highest BCUT2D eigenvalue weighted by Gasteiger charge is 2.07. The molecule has 0 spiro atoms. The first-order valence-electron chi connectivity index (χ1n) is 3.94. The number of rotatable bonds is 2. The van der Waals surface area contributed by atoms with Gasteiger partial charge in [-0.2, -0.15) is 5.26 Å². The molecule has 1 aromatic rings. The van der Waals surface area contributed by atoms with Gasteiger partial charge in [0.1, 0.15) is 16.4 Å². The summed E-state index contributed by atoms with van der Waals surface area (Å²) in [5.74, 6) is 0. The van der Waals surface area contributed by atoms with Crippen LogP contribution in [-0.2, 0) is 6.42 Å². The topological polar surface area (TPSA) is 36.7 Å². The Hall–Kier alpha value is -0.780. The van der Waals surface area contributed by atoms with E-state index in [9.17, 15) is 0 Å². The van der Waals surface area contributed by atoms with Crippen molar-refractivity contribution in [3.8, 4) is 6.07 Å². The quantitative estimate of drug-likeness (QED) is 0.710. The fourth-order valence-electron chi connectivity index (χ4n) is 1.03. The molecule has 0 fully saturated rings. The Morgan fingerprint density at radius 3 is 2.69 bits per heavy atom. The second kappa shape index (κ2) is 4.45. The van der Waals surface area contributed by atoms with E-state index in [0.717, 1.165) is 18.4 Å². The van der Waals surface area contributed by atoms with Gasteiger partial charge in [0.15, 0.2) is 0 Å². The van der Waals surface area contributed by atoms with Gasteiger partial charge in [-0.05, 0) is 18.1 Å². The zero-order chi connectivity index (χ0) is 9.84. The van der Waals surface area contributed by atoms with E-state index in [-0.39, 0.29) is 5.15 Å². The van der Waals surface area contributed by atoms with Crippen LogP contribution in [0, 0.1) is 11.3 Å². The summed E-state index contributed by atoms with van der Waals surface area (Å²) in [7, 11) is 0. The minimum absolute atomic E-state index is 0.173. The maximum Gasteiger partial charge on any atom is 0.148 e. The number of nitrogens with zero attached hydrogens (tertiary/aromatic N) is 2. The number of aromatic nitrogens is 1. The van der Waals surface area contributed by atoms with Gasteiger partial charge in [0.25, 0.3) is 0 Å². The van der Waals surface area contributed by atoms with Crippen LogP contribution < -0.4 is 0 Å². The van der Waals surface area contributed by atoms with Gasteiger partial charge in [-0.3, -0.25) is 0 Å². The van der Waals surface area contributed by atoms with Gasteiger partial charge in [0.2, 0.25) is 0 Å². The van der Waals surface area contributed by atoms with E-state index in [1.807, 2.05) is 13.0 Å². The average Bonchev–Trinajstić information content (AvgIpc) is 2.10. The second-order valence-electron chi connectivity index (χ2n) is 2.64. The molecule has 0 radical (unpaired) electrons. The number of hydrogen-bond donors (Lipinski definition) is 0. The van der Waals surface area contributed by atoms with Crippen LogP contribution >= 0.6 is 23.2 Å². The Morgan fingerprint density at radius 2 is 2.15 bits per heavy atom. The fourth-order valence-corrected chi connectivity index (χ4v) is 1.49. The van der Waals surface area contributed by atoms with E-state index < -0.39 is 0 Å². The number of pyridine rings is 1. The van der Waals surface area contributed by atoms with E-state index in [2.05, 4.69) is 4.98 Å². The summed E-state index contributed by atoms with van der Waals surface area (Å²) in [5.41, 5.74) is 1.26. The van der Waals surface area contributed by atoms with Crippen molar-refractivity contribution < 1.29 is 0 Å². The van der Waals surface area contributed by atoms with Crippen molar-refractivity contribution in [1.82, 2.24) is 4.98 Å². The SMILES string of the molecule is CCCc1cc(C#N)c(Cl)nc1Cl. The van der Waals surface area contributed by atoms with Crippen LogP contribution in [0.15, 0.2) is 6.07 Å². The molecular formula is C9H8Cl2N2. The lowest BCUT2D eigenvalue weighted by atomic mass is 10.1. The molecule has 0 atom stereocenters. The third-order valence-corrected chi connectivity index (χ3v) is 2.26. The first kappa shape index (κ1) is 10.3. The molecule has 1 rings (SSSR count). The van der Waals surface area contributed by atoms with Crippen LogP contribution in [0.25, 0.3) is 0 Å². The van der Waals surface area contributed by atoms with Crippen LogP contribution in [-0.4, -0.2) is 4.98 Å². The Morgan fingerprint density at radius 1 is 1.46 bits per heavy atom. The maximum atomic E-state index is 8.68. The van der Waals surface area contributed by atoms with Gasteiger partial charge < -0.3 is 0 Å². The van der Waals surface area contributed by atoms with Crippen molar-refractivity contribution in [2.24, 2.45) is 0 Å². The van der Waals surface area contributed by atoms with Crippen LogP contribution in [0.2, 0.25) is 10.3 Å². The number of hydrogen-bond acceptors (Lipinski definition) is 2. The molecule has 68 valence electrons. The summed E-state index contributed by atoms with van der Waals surface area (Å²) in [6, 6.07) is 3.66. The van der Waals surface area contributed by atoms with Gasteiger partial charge in [-0.25, -0.2) is 4.98 Å². The summed E-state index contributed by atoms with van der Waals surface area (Å²) in [5, 5.41) is 9.25. The van der Waals surface area contributed by atoms with Gasteiger partial charge in [-0.15, -0.1) is 0 Å². The minimum atomic E-state index is 0.173. The average molecular weight is 215 g/mol. The summed E-state index contributed by atoms with van der Waals surface area (Å²) in [4.78, 5) is 3.87. The Kier molecular flexibility index (Phi) is 3.53. The first-order valence-corrected chi connectivity index (χ1v) is 4.69. The largest absolute Gasteiger partial charge is 0.223 e. The normalized spacial score (nSPS) is 9.69. The molecule has 0 aliphatic rings. The summed E-state index contributed by atoms with van der Waals surface area (Å²) < 4.78 is 0. The predicted molar refractivity (Wildman–Crippen MR) is 53.0 cm³/mol. The molecule has 0 bridgehead atoms. The molecule has 0 N–H and O–H groups in total. The summed E-state index contributed by atoms with van der Waals surface area (Å²) >= 11 is 11.5. The monoisotopic (exact) mass is 214 g/mol. The van der Waals surface area contributed by atoms with E-state index in [4.69, 9.17) is 28.5 Å². The number of nitriles is 1. The van der Waals surface area contributed by atoms with Crippen LogP contribution in [0.5, 0.6) is 0 Å². The molecule has 0 aliphatic carbocycles. The summed E-state index contributed by atoms with van der Waals surface area (Å²) in [6.07, 6.45) is 1.78. The van der Waals surface area contributed by atoms with E-state index in [1.54, 1.807) is 6.07 Å². The second-order valence-corrected chi connectivity index (χ2v) is 3.35. The molecule has 4 heteroatoms. The smallest absolute Gasteiger partial charge is 0.148 e. The third kappa shape index (κ3) is 2.33. The molecule has 0 amide bonds. The van der Waals surface area contributed by atoms with Crippen LogP contribution in [0.4, 0.5) is 0 Å². The molecule has 2 nitrogen and oxygen atoms in total. The summed E-state index contributed by atoms with van der Waals surface area (Å²) in [6.45, 7) is 2.04. The highest BCUT2D eigenvalue weighted by Crippen LogP contribution is 2.21. The van der Waals surface area contributed by atoms with Crippen molar-refractivity contribution in [2.75, 3.05) is 0 Å². The molecule has 1 heterocycles. The predicted octanol–water partition coefficient (Wildman–Crippen LogP) is 3.21. The van der Waals surface area contributed by atoms with Crippen molar-refractivity contribution in [1.29, 1.82) is 5.26 Å². The lowest BCUT2D eigenvalue weighted by Crippen LogP contribution is -1.92. The third-order valence-electron chi connectivity index (χ3n) is 1.64. The first-order chi connectivity index (χ1) is 6.19. The number of aryl methyl sites for hydroxylation is 1. The molecular weight excluding hydrogens is 207 g/mol. The zero-order valence-corrected chi connectivity index (χ0v) is 8.65. The van der Waals surface area contributed by atoms with Gasteiger partial charge in [0.05, 0.1) is 5.56 Å². The molecule has 0 unspecified atom stereocenters. The Balaban J connectivity index is 3.16. The molecule has 0 aromatic carbocycles.